The Labute approximate surface area is 184 Å². The van der Waals surface area contributed by atoms with Crippen LogP contribution in [0.4, 0.5) is 0 Å². The molecule has 0 aliphatic heterocycles. The van der Waals surface area contributed by atoms with Crippen molar-refractivity contribution in [1.82, 2.24) is 25.4 Å². The summed E-state index contributed by atoms with van der Waals surface area (Å²) in [7, 11) is 1.46. The number of methoxy groups -OCH3 is 1. The molecule has 2 aromatic heterocycles. The molecular weight excluding hydrogens is 408 g/mol. The highest BCUT2D eigenvalue weighted by Crippen LogP contribution is 2.29. The van der Waals surface area contributed by atoms with Crippen molar-refractivity contribution in [1.29, 1.82) is 0 Å². The van der Waals surface area contributed by atoms with Crippen molar-refractivity contribution in [3.8, 4) is 28.4 Å². The maximum Gasteiger partial charge on any atom is 0.289 e. The van der Waals surface area contributed by atoms with Gasteiger partial charge in [-0.05, 0) is 44.2 Å². The molecule has 0 saturated carbocycles. The van der Waals surface area contributed by atoms with Crippen LogP contribution in [0.3, 0.4) is 0 Å². The Balaban J connectivity index is 1.52. The molecule has 9 heteroatoms. The van der Waals surface area contributed by atoms with E-state index in [4.69, 9.17) is 4.74 Å². The lowest BCUT2D eigenvalue weighted by Gasteiger charge is -2.04. The number of para-hydroxylation sites is 2. The van der Waals surface area contributed by atoms with Crippen molar-refractivity contribution in [2.75, 3.05) is 7.11 Å². The van der Waals surface area contributed by atoms with E-state index >= 15 is 0 Å². The lowest BCUT2D eigenvalue weighted by Crippen LogP contribution is -2.18. The Morgan fingerprint density at radius 1 is 1.19 bits per heavy atom. The molecule has 0 radical (unpaired) electrons. The number of carbonyl (C=O) groups excluding carboxylic acids is 1. The van der Waals surface area contributed by atoms with Gasteiger partial charge < -0.3 is 9.84 Å². The summed E-state index contributed by atoms with van der Waals surface area (Å²) in [5.74, 6) is -0.202. The van der Waals surface area contributed by atoms with Gasteiger partial charge in [-0.25, -0.2) is 10.1 Å². The molecule has 0 unspecified atom stereocenters. The summed E-state index contributed by atoms with van der Waals surface area (Å²) in [6, 6.07) is 16.5. The minimum absolute atomic E-state index is 0.0572. The smallest absolute Gasteiger partial charge is 0.289 e. The summed E-state index contributed by atoms with van der Waals surface area (Å²) in [6.45, 7) is 3.86. The Hall–Kier alpha value is -4.40. The van der Waals surface area contributed by atoms with E-state index < -0.39 is 5.91 Å². The summed E-state index contributed by atoms with van der Waals surface area (Å²) in [5, 5.41) is 25.7. The van der Waals surface area contributed by atoms with Gasteiger partial charge in [0.25, 0.3) is 5.91 Å². The molecule has 4 rings (SSSR count). The number of hydrazone groups is 1. The molecule has 1 amide bonds. The first-order valence-corrected chi connectivity index (χ1v) is 9.86. The third kappa shape index (κ3) is 3.95. The van der Waals surface area contributed by atoms with E-state index in [2.05, 4.69) is 25.8 Å². The number of phenols is 1. The van der Waals surface area contributed by atoms with Crippen LogP contribution in [0.1, 0.15) is 27.4 Å². The van der Waals surface area contributed by atoms with Crippen molar-refractivity contribution < 1.29 is 14.6 Å². The molecule has 0 atom stereocenters. The summed E-state index contributed by atoms with van der Waals surface area (Å²) in [4.78, 5) is 12.5. The van der Waals surface area contributed by atoms with Crippen LogP contribution in [0.2, 0.25) is 0 Å². The Morgan fingerprint density at radius 3 is 2.72 bits per heavy atom. The molecule has 162 valence electrons. The second kappa shape index (κ2) is 8.76. The Kier molecular flexibility index (Phi) is 5.71. The molecule has 2 heterocycles. The van der Waals surface area contributed by atoms with E-state index in [9.17, 15) is 9.90 Å². The van der Waals surface area contributed by atoms with Crippen LogP contribution in [0.25, 0.3) is 16.9 Å². The van der Waals surface area contributed by atoms with E-state index in [1.165, 1.54) is 13.3 Å². The fraction of sp³-hybridized carbons (Fsp3) is 0.130. The van der Waals surface area contributed by atoms with Gasteiger partial charge in [0.2, 0.25) is 0 Å². The largest absolute Gasteiger partial charge is 0.504 e. The van der Waals surface area contributed by atoms with Crippen LogP contribution in [0.15, 0.2) is 59.7 Å². The Morgan fingerprint density at radius 2 is 1.97 bits per heavy atom. The first-order chi connectivity index (χ1) is 15.5. The van der Waals surface area contributed by atoms with Gasteiger partial charge in [-0.2, -0.15) is 15.3 Å². The molecule has 4 aromatic rings. The number of aromatic amines is 1. The van der Waals surface area contributed by atoms with Crippen molar-refractivity contribution in [3.05, 3.63) is 77.2 Å². The highest BCUT2D eigenvalue weighted by atomic mass is 16.5. The van der Waals surface area contributed by atoms with E-state index in [0.29, 0.717) is 17.0 Å². The predicted octanol–water partition coefficient (Wildman–Crippen LogP) is 3.36. The van der Waals surface area contributed by atoms with Gasteiger partial charge in [-0.15, -0.1) is 0 Å². The second-order valence-electron chi connectivity index (χ2n) is 7.06. The van der Waals surface area contributed by atoms with Crippen LogP contribution in [0, 0.1) is 13.8 Å². The zero-order chi connectivity index (χ0) is 22.7. The number of aromatic nitrogens is 4. The SMILES string of the molecule is COc1cccc(/C=N\NC(=O)c2cc(-c3c(C)nn(-c4ccccc4)c3C)n[nH]2)c1O. The van der Waals surface area contributed by atoms with Gasteiger partial charge in [0, 0.05) is 11.1 Å². The first-order valence-electron chi connectivity index (χ1n) is 9.86. The molecular formula is C23H22N6O3. The quantitative estimate of drug-likeness (QED) is 0.320. The molecule has 0 aliphatic rings. The van der Waals surface area contributed by atoms with Crippen molar-refractivity contribution in [2.24, 2.45) is 5.10 Å². The molecule has 0 spiro atoms. The Bertz CT molecular complexity index is 1290. The minimum atomic E-state index is -0.465. The maximum absolute atomic E-state index is 12.5. The summed E-state index contributed by atoms with van der Waals surface area (Å²) < 4.78 is 6.91. The lowest BCUT2D eigenvalue weighted by atomic mass is 10.1. The van der Waals surface area contributed by atoms with Gasteiger partial charge in [-0.3, -0.25) is 9.89 Å². The zero-order valence-electron chi connectivity index (χ0n) is 17.8. The second-order valence-corrected chi connectivity index (χ2v) is 7.06. The van der Waals surface area contributed by atoms with E-state index in [1.54, 1.807) is 24.3 Å². The van der Waals surface area contributed by atoms with Gasteiger partial charge in [0.1, 0.15) is 5.69 Å². The normalized spacial score (nSPS) is 11.1. The highest BCUT2D eigenvalue weighted by molar-refractivity contribution is 5.94. The number of nitrogens with zero attached hydrogens (tertiary/aromatic N) is 4. The van der Waals surface area contributed by atoms with Crippen LogP contribution in [-0.4, -0.2) is 44.3 Å². The number of ether oxygens (including phenoxy) is 1. The number of rotatable bonds is 6. The molecule has 32 heavy (non-hydrogen) atoms. The number of hydrogen-bond donors (Lipinski definition) is 3. The maximum atomic E-state index is 12.5. The fourth-order valence-corrected chi connectivity index (χ4v) is 3.43. The molecule has 2 aromatic carbocycles. The number of nitrogens with one attached hydrogen (secondary N) is 2. The molecule has 0 saturated heterocycles. The molecule has 0 bridgehead atoms. The van der Waals surface area contributed by atoms with E-state index in [-0.39, 0.29) is 11.4 Å². The molecule has 0 aliphatic carbocycles. The third-order valence-corrected chi connectivity index (χ3v) is 4.99. The van der Waals surface area contributed by atoms with Gasteiger partial charge >= 0.3 is 0 Å². The van der Waals surface area contributed by atoms with Crippen molar-refractivity contribution >= 4 is 12.1 Å². The third-order valence-electron chi connectivity index (χ3n) is 4.99. The average molecular weight is 430 g/mol. The van der Waals surface area contributed by atoms with Crippen LogP contribution < -0.4 is 10.2 Å². The van der Waals surface area contributed by atoms with Crippen LogP contribution >= 0.6 is 0 Å². The highest BCUT2D eigenvalue weighted by Gasteiger charge is 2.19. The minimum Gasteiger partial charge on any atom is -0.504 e. The van der Waals surface area contributed by atoms with Crippen LogP contribution in [-0.2, 0) is 0 Å². The summed E-state index contributed by atoms with van der Waals surface area (Å²) in [6.07, 6.45) is 1.34. The van der Waals surface area contributed by atoms with Gasteiger partial charge in [-0.1, -0.05) is 24.3 Å². The number of phenolic OH excluding ortho intramolecular Hbond substituents is 1. The number of benzene rings is 2. The number of carbonyl (C=O) groups is 1. The van der Waals surface area contributed by atoms with Crippen LogP contribution in [0.5, 0.6) is 11.5 Å². The molecule has 0 fully saturated rings. The number of amides is 1. The van der Waals surface area contributed by atoms with Gasteiger partial charge in [0.05, 0.1) is 36.1 Å². The fourth-order valence-electron chi connectivity index (χ4n) is 3.43. The first kappa shape index (κ1) is 20.9. The number of H-pyrrole nitrogens is 1. The summed E-state index contributed by atoms with van der Waals surface area (Å²) in [5.41, 5.74) is 7.22. The number of hydrogen-bond acceptors (Lipinski definition) is 6. The van der Waals surface area contributed by atoms with E-state index in [1.807, 2.05) is 48.9 Å². The number of aryl methyl sites for hydroxylation is 1. The predicted molar refractivity (Wildman–Crippen MR) is 120 cm³/mol. The monoisotopic (exact) mass is 430 g/mol. The molecule has 9 nitrogen and oxygen atoms in total. The zero-order valence-corrected chi connectivity index (χ0v) is 17.8. The average Bonchev–Trinajstić information content (AvgIpc) is 3.39. The van der Waals surface area contributed by atoms with Gasteiger partial charge in [0.15, 0.2) is 11.5 Å². The van der Waals surface area contributed by atoms with Crippen molar-refractivity contribution in [3.63, 3.8) is 0 Å². The number of aromatic hydroxyl groups is 1. The standard InChI is InChI=1S/C23H22N6O3/c1-14-21(15(2)29(28-14)17-9-5-4-6-10-17)18-12-19(26-25-18)23(31)27-24-13-16-8-7-11-20(32-3)22(16)30/h4-13,30H,1-3H3,(H,25,26)(H,27,31)/b24-13-. The van der Waals surface area contributed by atoms with E-state index in [0.717, 1.165) is 22.6 Å². The van der Waals surface area contributed by atoms with Crippen molar-refractivity contribution in [2.45, 2.75) is 13.8 Å². The topological polar surface area (TPSA) is 117 Å². The molecule has 3 N–H and O–H groups in total. The lowest BCUT2D eigenvalue weighted by molar-refractivity contribution is 0.0950. The summed E-state index contributed by atoms with van der Waals surface area (Å²) >= 11 is 0.